The summed E-state index contributed by atoms with van der Waals surface area (Å²) in [6, 6.07) is -0.991. The Labute approximate surface area is 440 Å². The van der Waals surface area contributed by atoms with Gasteiger partial charge in [-0.25, -0.2) is 0 Å². The molecule has 19 heteroatoms. The van der Waals surface area contributed by atoms with Gasteiger partial charge in [-0.15, -0.1) is 0 Å². The molecular weight excluding hydrogens is 963 g/mol. The van der Waals surface area contributed by atoms with Gasteiger partial charge in [-0.3, -0.25) is 4.79 Å². The van der Waals surface area contributed by atoms with E-state index in [1.165, 1.54) is 96.3 Å². The van der Waals surface area contributed by atoms with Crippen LogP contribution in [0.4, 0.5) is 0 Å². The number of hydrogen-bond donors (Lipinski definition) is 12. The van der Waals surface area contributed by atoms with E-state index in [2.05, 4.69) is 43.5 Å². The zero-order valence-corrected chi connectivity index (χ0v) is 44.6. The molecule has 0 aromatic carbocycles. The van der Waals surface area contributed by atoms with Crippen molar-refractivity contribution >= 4 is 5.91 Å². The quantitative estimate of drug-likeness (QED) is 0.0307. The molecule has 0 spiro atoms. The number of aliphatic hydroxyl groups is 11. The average Bonchev–Trinajstić information content (AvgIpc) is 3.40. The van der Waals surface area contributed by atoms with Gasteiger partial charge in [-0.05, 0) is 44.9 Å². The fraction of sp³-hybridized carbons (Fsp3) is 0.873. The molecule has 0 bridgehead atoms. The van der Waals surface area contributed by atoms with Crippen LogP contribution in [0, 0.1) is 0 Å². The molecule has 74 heavy (non-hydrogen) atoms. The first-order chi connectivity index (χ1) is 35.8. The number of carbonyl (C=O) groups is 1. The molecule has 19 nitrogen and oxygen atoms in total. The van der Waals surface area contributed by atoms with Gasteiger partial charge in [-0.2, -0.15) is 0 Å². The molecule has 0 aliphatic carbocycles. The first-order valence-corrected chi connectivity index (χ1v) is 28.2. The Morgan fingerprint density at radius 1 is 0.473 bits per heavy atom. The van der Waals surface area contributed by atoms with Gasteiger partial charge in [0, 0.05) is 6.42 Å². The lowest BCUT2D eigenvalue weighted by Crippen LogP contribution is -2.66. The minimum absolute atomic E-state index is 0.235. The van der Waals surface area contributed by atoms with Gasteiger partial charge < -0.3 is 89.9 Å². The maximum absolute atomic E-state index is 13.3. The summed E-state index contributed by atoms with van der Waals surface area (Å²) in [4.78, 5) is 13.3. The minimum Gasteiger partial charge on any atom is -0.394 e. The van der Waals surface area contributed by atoms with Crippen molar-refractivity contribution < 1.29 is 89.4 Å². The predicted octanol–water partition coefficient (Wildman–Crippen LogP) is 3.76. The molecule has 12 N–H and O–H groups in total. The maximum atomic E-state index is 13.3. The standard InChI is InChI=1S/C55H99NO18/c1-3-5-7-9-11-13-15-17-19-21-23-25-27-29-31-33-43(61)56-38(39(60)32-30-28-26-24-22-20-18-16-14-12-10-8-6-4-2)37-69-53-49(67)46(64)51(41(35-58)71-53)74-55-50(68)47(65)52(42(36-59)72-55)73-54-48(66)45(63)44(62)40(34-57)70-54/h14,16,22,24,30,32,38-42,44-55,57-60,62-68H,3-13,15,17-21,23,25-29,31,33-37H2,1-2H3,(H,56,61)/b16-14+,24-22+,32-30+. The third-order valence-corrected chi connectivity index (χ3v) is 14.2. The molecule has 0 radical (unpaired) electrons. The number of amides is 1. The largest absolute Gasteiger partial charge is 0.394 e. The van der Waals surface area contributed by atoms with Crippen molar-refractivity contribution in [2.75, 3.05) is 26.4 Å². The van der Waals surface area contributed by atoms with Crippen LogP contribution in [-0.4, -0.2) is 193 Å². The van der Waals surface area contributed by atoms with E-state index in [1.807, 2.05) is 6.08 Å². The van der Waals surface area contributed by atoms with Crippen molar-refractivity contribution in [3.05, 3.63) is 36.5 Å². The second-order valence-corrected chi connectivity index (χ2v) is 20.4. The highest BCUT2D eigenvalue weighted by Gasteiger charge is 2.53. The Morgan fingerprint density at radius 3 is 1.35 bits per heavy atom. The van der Waals surface area contributed by atoms with E-state index in [-0.39, 0.29) is 18.9 Å². The van der Waals surface area contributed by atoms with E-state index < -0.39 is 124 Å². The van der Waals surface area contributed by atoms with Gasteiger partial charge >= 0.3 is 0 Å². The SMILES string of the molecule is CCCCCC/C=C/CC/C=C/CC/C=C/C(O)C(COC1OC(CO)C(OC2OC(CO)C(OC3OC(CO)C(O)C(O)C3O)C(O)C2O)C(O)C1O)NC(=O)CCCCCCCCCCCCCCCCC. The second kappa shape index (κ2) is 39.4. The highest BCUT2D eigenvalue weighted by Crippen LogP contribution is 2.33. The van der Waals surface area contributed by atoms with Crippen LogP contribution in [0.25, 0.3) is 0 Å². The number of allylic oxidation sites excluding steroid dienone is 5. The van der Waals surface area contributed by atoms with Gasteiger partial charge in [0.1, 0.15) is 73.2 Å². The summed E-state index contributed by atoms with van der Waals surface area (Å²) in [6.45, 7) is 1.65. The number of carbonyl (C=O) groups excluding carboxylic acids is 1. The van der Waals surface area contributed by atoms with Crippen LogP contribution < -0.4 is 5.32 Å². The highest BCUT2D eigenvalue weighted by atomic mass is 16.8. The van der Waals surface area contributed by atoms with Gasteiger partial charge in [0.15, 0.2) is 18.9 Å². The van der Waals surface area contributed by atoms with Crippen LogP contribution in [0.3, 0.4) is 0 Å². The van der Waals surface area contributed by atoms with Gasteiger partial charge in [-0.1, -0.05) is 159 Å². The van der Waals surface area contributed by atoms with Crippen LogP contribution in [0.1, 0.15) is 174 Å². The molecular formula is C55H99NO18. The highest BCUT2D eigenvalue weighted by molar-refractivity contribution is 5.76. The van der Waals surface area contributed by atoms with Crippen LogP contribution >= 0.6 is 0 Å². The summed E-state index contributed by atoms with van der Waals surface area (Å²) in [6.07, 6.45) is 12.8. The van der Waals surface area contributed by atoms with Crippen LogP contribution in [-0.2, 0) is 33.2 Å². The van der Waals surface area contributed by atoms with E-state index >= 15 is 0 Å². The van der Waals surface area contributed by atoms with Crippen molar-refractivity contribution in [2.45, 2.75) is 279 Å². The number of ether oxygens (including phenoxy) is 6. The number of hydrogen-bond acceptors (Lipinski definition) is 18. The number of rotatable bonds is 40. The molecule has 3 saturated heterocycles. The predicted molar refractivity (Wildman–Crippen MR) is 277 cm³/mol. The molecule has 17 atom stereocenters. The second-order valence-electron chi connectivity index (χ2n) is 20.4. The lowest BCUT2D eigenvalue weighted by atomic mass is 9.96. The summed E-state index contributed by atoms with van der Waals surface area (Å²) >= 11 is 0. The molecule has 3 aliphatic rings. The zero-order valence-electron chi connectivity index (χ0n) is 44.6. The molecule has 0 aromatic heterocycles. The maximum Gasteiger partial charge on any atom is 0.220 e. The molecule has 3 rings (SSSR count). The summed E-state index contributed by atoms with van der Waals surface area (Å²) in [5.74, 6) is -0.291. The van der Waals surface area contributed by atoms with Crippen molar-refractivity contribution in [1.29, 1.82) is 0 Å². The van der Waals surface area contributed by atoms with Crippen molar-refractivity contribution in [1.82, 2.24) is 5.32 Å². The van der Waals surface area contributed by atoms with Crippen LogP contribution in [0.5, 0.6) is 0 Å². The average molecular weight is 1060 g/mol. The minimum atomic E-state index is -1.98. The molecule has 0 saturated carbocycles. The summed E-state index contributed by atoms with van der Waals surface area (Å²) < 4.78 is 34.1. The first kappa shape index (κ1) is 66.3. The Kier molecular flexibility index (Phi) is 35.3. The fourth-order valence-electron chi connectivity index (χ4n) is 9.46. The summed E-state index contributed by atoms with van der Waals surface area (Å²) in [7, 11) is 0. The topological polar surface area (TPSA) is 307 Å². The summed E-state index contributed by atoms with van der Waals surface area (Å²) in [5.41, 5.74) is 0. The zero-order chi connectivity index (χ0) is 54.1. The lowest BCUT2D eigenvalue weighted by molar-refractivity contribution is -0.379. The van der Waals surface area contributed by atoms with Crippen molar-refractivity contribution in [3.8, 4) is 0 Å². The van der Waals surface area contributed by atoms with E-state index in [0.29, 0.717) is 12.8 Å². The van der Waals surface area contributed by atoms with Crippen LogP contribution in [0.2, 0.25) is 0 Å². The van der Waals surface area contributed by atoms with Gasteiger partial charge in [0.2, 0.25) is 5.91 Å². The Morgan fingerprint density at radius 2 is 0.865 bits per heavy atom. The van der Waals surface area contributed by atoms with Crippen molar-refractivity contribution in [3.63, 3.8) is 0 Å². The summed E-state index contributed by atoms with van der Waals surface area (Å²) in [5, 5.41) is 120. The number of nitrogens with one attached hydrogen (secondary N) is 1. The molecule has 3 aliphatic heterocycles. The molecule has 1 amide bonds. The lowest BCUT2D eigenvalue weighted by Gasteiger charge is -2.48. The van der Waals surface area contributed by atoms with Gasteiger partial charge in [0.05, 0.1) is 38.6 Å². The van der Waals surface area contributed by atoms with E-state index in [4.69, 9.17) is 28.4 Å². The molecule has 3 fully saturated rings. The third-order valence-electron chi connectivity index (χ3n) is 14.2. The Bertz CT molecular complexity index is 1500. The molecule has 0 aromatic rings. The third kappa shape index (κ3) is 23.9. The van der Waals surface area contributed by atoms with E-state index in [1.54, 1.807) is 6.08 Å². The van der Waals surface area contributed by atoms with E-state index in [9.17, 15) is 61.0 Å². The van der Waals surface area contributed by atoms with E-state index in [0.717, 1.165) is 44.9 Å². The normalized spacial score (nSPS) is 31.7. The number of unbranched alkanes of at least 4 members (excludes halogenated alkanes) is 20. The smallest absolute Gasteiger partial charge is 0.220 e. The molecule has 3 heterocycles. The Hall–Kier alpha value is -1.99. The van der Waals surface area contributed by atoms with Gasteiger partial charge in [0.25, 0.3) is 0 Å². The Balaban J connectivity index is 1.55. The molecule has 17 unspecified atom stereocenters. The number of aliphatic hydroxyl groups excluding tert-OH is 11. The fourth-order valence-corrected chi connectivity index (χ4v) is 9.46. The van der Waals surface area contributed by atoms with Crippen molar-refractivity contribution in [2.24, 2.45) is 0 Å². The van der Waals surface area contributed by atoms with Crippen LogP contribution in [0.15, 0.2) is 36.5 Å². The first-order valence-electron chi connectivity index (χ1n) is 28.2. The monoisotopic (exact) mass is 1060 g/mol. The molecule has 432 valence electrons.